The van der Waals surface area contributed by atoms with Crippen LogP contribution in [0.15, 0.2) is 18.6 Å². The molecule has 2 heterocycles. The first kappa shape index (κ1) is 8.25. The Labute approximate surface area is 80.0 Å². The van der Waals surface area contributed by atoms with Crippen molar-refractivity contribution >= 4 is 17.0 Å². The van der Waals surface area contributed by atoms with E-state index in [2.05, 4.69) is 10.1 Å². The first-order chi connectivity index (χ1) is 6.24. The van der Waals surface area contributed by atoms with E-state index in [1.54, 1.807) is 17.5 Å². The molecule has 5 heteroatoms. The summed E-state index contributed by atoms with van der Waals surface area (Å²) >= 11 is 1.68. The minimum absolute atomic E-state index is 0.696. The van der Waals surface area contributed by atoms with Gasteiger partial charge in [0.25, 0.3) is 0 Å². The second-order valence-corrected chi connectivity index (χ2v) is 4.14. The SMILES string of the molecule is Cc1ncc(Cn2cc(N)cn2)s1. The molecule has 0 saturated carbocycles. The Morgan fingerprint density at radius 2 is 2.38 bits per heavy atom. The van der Waals surface area contributed by atoms with Crippen molar-refractivity contribution in [2.24, 2.45) is 0 Å². The standard InChI is InChI=1S/C8H10N4S/c1-6-10-3-8(13-6)5-12-4-7(9)2-11-12/h2-4H,5,9H2,1H3. The first-order valence-electron chi connectivity index (χ1n) is 3.93. The van der Waals surface area contributed by atoms with Crippen LogP contribution in [0.4, 0.5) is 5.69 Å². The van der Waals surface area contributed by atoms with Crippen LogP contribution in [0.1, 0.15) is 9.88 Å². The fourth-order valence-electron chi connectivity index (χ4n) is 1.10. The van der Waals surface area contributed by atoms with Crippen LogP contribution in [0.25, 0.3) is 0 Å². The summed E-state index contributed by atoms with van der Waals surface area (Å²) in [6.07, 6.45) is 5.33. The van der Waals surface area contributed by atoms with E-state index in [1.165, 1.54) is 4.88 Å². The molecule has 0 bridgehead atoms. The van der Waals surface area contributed by atoms with Crippen LogP contribution in [0.2, 0.25) is 0 Å². The van der Waals surface area contributed by atoms with E-state index in [0.29, 0.717) is 5.69 Å². The summed E-state index contributed by atoms with van der Waals surface area (Å²) in [5.74, 6) is 0. The number of rotatable bonds is 2. The lowest BCUT2D eigenvalue weighted by atomic mass is 10.5. The van der Waals surface area contributed by atoms with Gasteiger partial charge in [0.15, 0.2) is 0 Å². The zero-order valence-electron chi connectivity index (χ0n) is 7.27. The highest BCUT2D eigenvalue weighted by Gasteiger charge is 2.00. The van der Waals surface area contributed by atoms with Crippen molar-refractivity contribution in [2.45, 2.75) is 13.5 Å². The van der Waals surface area contributed by atoms with E-state index < -0.39 is 0 Å². The Bertz CT molecular complexity index is 365. The summed E-state index contributed by atoms with van der Waals surface area (Å²) in [5.41, 5.74) is 6.24. The van der Waals surface area contributed by atoms with Crippen LogP contribution in [0.5, 0.6) is 0 Å². The molecule has 0 saturated heterocycles. The van der Waals surface area contributed by atoms with Gasteiger partial charge in [0.1, 0.15) is 0 Å². The third kappa shape index (κ3) is 1.86. The fraction of sp³-hybridized carbons (Fsp3) is 0.250. The maximum absolute atomic E-state index is 5.54. The van der Waals surface area contributed by atoms with Crippen LogP contribution in [-0.2, 0) is 6.54 Å². The van der Waals surface area contributed by atoms with Gasteiger partial charge in [-0.3, -0.25) is 4.68 Å². The van der Waals surface area contributed by atoms with E-state index in [-0.39, 0.29) is 0 Å². The number of aromatic nitrogens is 3. The maximum Gasteiger partial charge on any atom is 0.0897 e. The summed E-state index contributed by atoms with van der Waals surface area (Å²) in [5, 5.41) is 5.17. The molecule has 0 spiro atoms. The van der Waals surface area contributed by atoms with Crippen LogP contribution < -0.4 is 5.73 Å². The van der Waals surface area contributed by atoms with Crippen LogP contribution >= 0.6 is 11.3 Å². The first-order valence-corrected chi connectivity index (χ1v) is 4.75. The fourth-order valence-corrected chi connectivity index (χ4v) is 1.89. The quantitative estimate of drug-likeness (QED) is 0.783. The van der Waals surface area contributed by atoms with Gasteiger partial charge in [0.05, 0.1) is 23.4 Å². The Morgan fingerprint density at radius 3 is 2.92 bits per heavy atom. The minimum atomic E-state index is 0.696. The summed E-state index contributed by atoms with van der Waals surface area (Å²) in [6.45, 7) is 2.74. The number of hydrogen-bond donors (Lipinski definition) is 1. The number of anilines is 1. The largest absolute Gasteiger partial charge is 0.396 e. The van der Waals surface area contributed by atoms with Gasteiger partial charge in [-0.25, -0.2) is 4.98 Å². The van der Waals surface area contributed by atoms with Gasteiger partial charge in [-0.1, -0.05) is 0 Å². The Balaban J connectivity index is 2.14. The van der Waals surface area contributed by atoms with Gasteiger partial charge < -0.3 is 5.73 Å². The molecule has 0 atom stereocenters. The third-order valence-corrected chi connectivity index (χ3v) is 2.54. The second-order valence-electron chi connectivity index (χ2n) is 2.82. The van der Waals surface area contributed by atoms with Crippen molar-refractivity contribution in [1.82, 2.24) is 14.8 Å². The van der Waals surface area contributed by atoms with E-state index in [0.717, 1.165) is 11.6 Å². The molecule has 68 valence electrons. The van der Waals surface area contributed by atoms with Crippen molar-refractivity contribution in [3.8, 4) is 0 Å². The van der Waals surface area contributed by atoms with Gasteiger partial charge in [-0.05, 0) is 6.92 Å². The van der Waals surface area contributed by atoms with E-state index in [9.17, 15) is 0 Å². The van der Waals surface area contributed by atoms with E-state index in [1.807, 2.05) is 24.0 Å². The van der Waals surface area contributed by atoms with Crippen LogP contribution in [-0.4, -0.2) is 14.8 Å². The molecule has 0 radical (unpaired) electrons. The molecule has 0 unspecified atom stereocenters. The highest BCUT2D eigenvalue weighted by atomic mass is 32.1. The third-order valence-electron chi connectivity index (χ3n) is 1.64. The zero-order valence-corrected chi connectivity index (χ0v) is 8.08. The molecule has 0 fully saturated rings. The average Bonchev–Trinajstić information content (AvgIpc) is 2.62. The van der Waals surface area contributed by atoms with Gasteiger partial charge in [0, 0.05) is 17.3 Å². The summed E-state index contributed by atoms with van der Waals surface area (Å²) in [6, 6.07) is 0. The van der Waals surface area contributed by atoms with E-state index in [4.69, 9.17) is 5.73 Å². The number of thiazole rings is 1. The van der Waals surface area contributed by atoms with Crippen molar-refractivity contribution in [3.63, 3.8) is 0 Å². The van der Waals surface area contributed by atoms with Crippen LogP contribution in [0, 0.1) is 6.92 Å². The van der Waals surface area contributed by atoms with Crippen LogP contribution in [0.3, 0.4) is 0 Å². The molecule has 0 aliphatic carbocycles. The smallest absolute Gasteiger partial charge is 0.0897 e. The van der Waals surface area contributed by atoms with Crippen molar-refractivity contribution in [1.29, 1.82) is 0 Å². The molecular formula is C8H10N4S. The molecule has 0 aliphatic heterocycles. The monoisotopic (exact) mass is 194 g/mol. The van der Waals surface area contributed by atoms with Gasteiger partial charge >= 0.3 is 0 Å². The Hall–Kier alpha value is -1.36. The topological polar surface area (TPSA) is 56.7 Å². The molecule has 2 rings (SSSR count). The minimum Gasteiger partial charge on any atom is -0.396 e. The molecule has 0 amide bonds. The van der Waals surface area contributed by atoms with Crippen molar-refractivity contribution in [3.05, 3.63) is 28.5 Å². The Kier molecular flexibility index (Phi) is 2.02. The molecule has 2 aromatic heterocycles. The summed E-state index contributed by atoms with van der Waals surface area (Å²) in [4.78, 5) is 5.36. The molecule has 13 heavy (non-hydrogen) atoms. The highest BCUT2D eigenvalue weighted by Crippen LogP contribution is 2.13. The summed E-state index contributed by atoms with van der Waals surface area (Å²) in [7, 11) is 0. The second kappa shape index (κ2) is 3.18. The number of nitrogen functional groups attached to an aromatic ring is 1. The number of nitrogens with two attached hydrogens (primary N) is 1. The number of hydrogen-bond acceptors (Lipinski definition) is 4. The molecular weight excluding hydrogens is 184 g/mol. The molecule has 4 nitrogen and oxygen atoms in total. The maximum atomic E-state index is 5.54. The zero-order chi connectivity index (χ0) is 9.26. The average molecular weight is 194 g/mol. The Morgan fingerprint density at radius 1 is 1.54 bits per heavy atom. The molecule has 2 aromatic rings. The van der Waals surface area contributed by atoms with Crippen molar-refractivity contribution < 1.29 is 0 Å². The number of nitrogens with zero attached hydrogens (tertiary/aromatic N) is 3. The normalized spacial score (nSPS) is 10.5. The molecule has 0 aromatic carbocycles. The highest BCUT2D eigenvalue weighted by molar-refractivity contribution is 7.11. The van der Waals surface area contributed by atoms with E-state index >= 15 is 0 Å². The lowest BCUT2D eigenvalue weighted by Crippen LogP contribution is -1.97. The lowest BCUT2D eigenvalue weighted by Gasteiger charge is -1.95. The molecule has 0 aliphatic rings. The van der Waals surface area contributed by atoms with Gasteiger partial charge in [-0.2, -0.15) is 5.10 Å². The summed E-state index contributed by atoms with van der Waals surface area (Å²) < 4.78 is 1.81. The predicted octanol–water partition coefficient (Wildman–Crippen LogP) is 1.28. The number of aryl methyl sites for hydroxylation is 1. The lowest BCUT2D eigenvalue weighted by molar-refractivity contribution is 0.694. The predicted molar refractivity (Wildman–Crippen MR) is 52.6 cm³/mol. The van der Waals surface area contributed by atoms with Gasteiger partial charge in [-0.15, -0.1) is 11.3 Å². The van der Waals surface area contributed by atoms with Gasteiger partial charge in [0.2, 0.25) is 0 Å². The molecule has 2 N–H and O–H groups in total. The van der Waals surface area contributed by atoms with Crippen molar-refractivity contribution in [2.75, 3.05) is 5.73 Å².